The second-order valence-corrected chi connectivity index (χ2v) is 7.81. The number of nitrogens with zero attached hydrogens (tertiary/aromatic N) is 2. The summed E-state index contributed by atoms with van der Waals surface area (Å²) in [6.07, 6.45) is 3.85. The summed E-state index contributed by atoms with van der Waals surface area (Å²) in [6.45, 7) is 1.49. The molecule has 1 aliphatic heterocycles. The molecule has 1 N–H and O–H groups in total. The van der Waals surface area contributed by atoms with Crippen molar-refractivity contribution >= 4 is 15.9 Å². The number of hydrogen-bond acceptors (Lipinski definition) is 5. The molecule has 8 heteroatoms. The monoisotopic (exact) mass is 375 g/mol. The van der Waals surface area contributed by atoms with E-state index in [1.807, 2.05) is 6.07 Å². The summed E-state index contributed by atoms with van der Waals surface area (Å²) >= 11 is 0. The Morgan fingerprint density at radius 1 is 1.31 bits per heavy atom. The van der Waals surface area contributed by atoms with Gasteiger partial charge in [0.2, 0.25) is 10.0 Å². The van der Waals surface area contributed by atoms with Crippen LogP contribution in [-0.4, -0.2) is 51.0 Å². The Morgan fingerprint density at radius 3 is 2.88 bits per heavy atom. The predicted molar refractivity (Wildman–Crippen MR) is 96.2 cm³/mol. The number of fused-ring (bicyclic) bond motifs is 1. The fraction of sp³-hybridized carbons (Fsp3) is 0.333. The number of aromatic nitrogens is 1. The molecule has 3 rings (SSSR count). The van der Waals surface area contributed by atoms with Gasteiger partial charge in [-0.3, -0.25) is 9.78 Å². The Morgan fingerprint density at radius 2 is 2.15 bits per heavy atom. The summed E-state index contributed by atoms with van der Waals surface area (Å²) in [7, 11) is -2.08. The molecule has 26 heavy (non-hydrogen) atoms. The van der Waals surface area contributed by atoms with Crippen LogP contribution in [0.5, 0.6) is 0 Å². The highest BCUT2D eigenvalue weighted by atomic mass is 32.2. The van der Waals surface area contributed by atoms with E-state index < -0.39 is 10.0 Å². The van der Waals surface area contributed by atoms with Crippen LogP contribution in [0.25, 0.3) is 0 Å². The van der Waals surface area contributed by atoms with E-state index in [0.717, 1.165) is 11.1 Å². The number of sulfonamides is 1. The number of carbonyl (C=O) groups is 1. The first-order valence-corrected chi connectivity index (χ1v) is 9.79. The number of rotatable bonds is 6. The molecule has 7 nitrogen and oxygen atoms in total. The van der Waals surface area contributed by atoms with E-state index >= 15 is 0 Å². The summed E-state index contributed by atoms with van der Waals surface area (Å²) in [5.74, 6) is -0.102. The molecule has 2 heterocycles. The molecule has 1 aliphatic rings. The Hall–Kier alpha value is -2.29. The number of nitrogens with one attached hydrogen (secondary N) is 1. The highest BCUT2D eigenvalue weighted by molar-refractivity contribution is 7.89. The lowest BCUT2D eigenvalue weighted by Gasteiger charge is -2.29. The van der Waals surface area contributed by atoms with Gasteiger partial charge in [-0.1, -0.05) is 6.07 Å². The normalized spacial score (nSPS) is 14.1. The van der Waals surface area contributed by atoms with Crippen molar-refractivity contribution in [3.63, 3.8) is 0 Å². The quantitative estimate of drug-likeness (QED) is 0.767. The lowest BCUT2D eigenvalue weighted by atomic mass is 9.99. The van der Waals surface area contributed by atoms with E-state index in [4.69, 9.17) is 4.74 Å². The van der Waals surface area contributed by atoms with E-state index in [1.165, 1.54) is 7.11 Å². The molecule has 1 aromatic heterocycles. The molecule has 0 fully saturated rings. The van der Waals surface area contributed by atoms with E-state index in [1.54, 1.807) is 41.6 Å². The molecular weight excluding hydrogens is 354 g/mol. The maximum Gasteiger partial charge on any atom is 0.255 e. The number of amides is 1. The molecule has 138 valence electrons. The highest BCUT2D eigenvalue weighted by Crippen LogP contribution is 2.23. The molecule has 0 unspecified atom stereocenters. The summed E-state index contributed by atoms with van der Waals surface area (Å²) in [4.78, 5) is 18.5. The van der Waals surface area contributed by atoms with Crippen molar-refractivity contribution < 1.29 is 17.9 Å². The SMILES string of the molecule is COCCNS(=O)(=O)c1ccc2c(c1)CN(C(=O)c1cccnc1)CC2. The van der Waals surface area contributed by atoms with Crippen molar-refractivity contribution in [1.29, 1.82) is 0 Å². The van der Waals surface area contributed by atoms with E-state index in [9.17, 15) is 13.2 Å². The van der Waals surface area contributed by atoms with Crippen molar-refractivity contribution in [3.8, 4) is 0 Å². The number of methoxy groups -OCH3 is 1. The molecule has 0 saturated carbocycles. The van der Waals surface area contributed by atoms with Crippen LogP contribution < -0.4 is 4.72 Å². The Balaban J connectivity index is 1.79. The molecule has 1 aromatic carbocycles. The molecule has 1 amide bonds. The molecule has 0 bridgehead atoms. The number of pyridine rings is 1. The van der Waals surface area contributed by atoms with Crippen LogP contribution in [0.4, 0.5) is 0 Å². The van der Waals surface area contributed by atoms with Gasteiger partial charge in [-0.05, 0) is 41.8 Å². The van der Waals surface area contributed by atoms with Gasteiger partial charge in [-0.15, -0.1) is 0 Å². The molecule has 0 radical (unpaired) electrons. The van der Waals surface area contributed by atoms with Crippen molar-refractivity contribution in [2.45, 2.75) is 17.9 Å². The summed E-state index contributed by atoms with van der Waals surface area (Å²) in [5, 5.41) is 0. The van der Waals surface area contributed by atoms with Gasteiger partial charge < -0.3 is 9.64 Å². The smallest absolute Gasteiger partial charge is 0.255 e. The van der Waals surface area contributed by atoms with E-state index in [2.05, 4.69) is 9.71 Å². The molecular formula is C18H21N3O4S. The second-order valence-electron chi connectivity index (χ2n) is 6.04. The summed E-state index contributed by atoms with van der Waals surface area (Å²) in [5.41, 5.74) is 2.44. The van der Waals surface area contributed by atoms with Gasteiger partial charge in [0, 0.05) is 39.1 Å². The van der Waals surface area contributed by atoms with Crippen LogP contribution in [0.2, 0.25) is 0 Å². The fourth-order valence-electron chi connectivity index (χ4n) is 2.91. The van der Waals surface area contributed by atoms with Crippen molar-refractivity contribution in [3.05, 3.63) is 59.4 Å². The molecule has 2 aromatic rings. The number of ether oxygens (including phenoxy) is 1. The van der Waals surface area contributed by atoms with Crippen LogP contribution in [0.1, 0.15) is 21.5 Å². The maximum absolute atomic E-state index is 12.6. The van der Waals surface area contributed by atoms with Crippen molar-refractivity contribution in [2.75, 3.05) is 26.8 Å². The topological polar surface area (TPSA) is 88.6 Å². The molecule has 0 spiro atoms. The minimum Gasteiger partial charge on any atom is -0.383 e. The lowest BCUT2D eigenvalue weighted by molar-refractivity contribution is 0.0734. The van der Waals surface area contributed by atoms with Crippen LogP contribution in [0.3, 0.4) is 0 Å². The van der Waals surface area contributed by atoms with Crippen LogP contribution in [-0.2, 0) is 27.7 Å². The zero-order chi connectivity index (χ0) is 18.6. The minimum atomic E-state index is -3.60. The standard InChI is InChI=1S/C18H21N3O4S/c1-25-10-8-20-26(23,24)17-5-4-14-6-9-21(13-16(14)11-17)18(22)15-3-2-7-19-12-15/h2-5,7,11-12,20H,6,8-10,13H2,1H3. The fourth-order valence-corrected chi connectivity index (χ4v) is 3.97. The third kappa shape index (κ3) is 4.09. The van der Waals surface area contributed by atoms with Gasteiger partial charge in [-0.2, -0.15) is 0 Å². The van der Waals surface area contributed by atoms with Crippen molar-refractivity contribution in [1.82, 2.24) is 14.6 Å². The van der Waals surface area contributed by atoms with Crippen LogP contribution in [0.15, 0.2) is 47.6 Å². The number of benzene rings is 1. The van der Waals surface area contributed by atoms with Crippen molar-refractivity contribution in [2.24, 2.45) is 0 Å². The second kappa shape index (κ2) is 7.94. The van der Waals surface area contributed by atoms with Gasteiger partial charge in [0.05, 0.1) is 17.1 Å². The third-order valence-electron chi connectivity index (χ3n) is 4.29. The number of carbonyl (C=O) groups excluding carboxylic acids is 1. The Bertz CT molecular complexity index is 885. The zero-order valence-electron chi connectivity index (χ0n) is 14.5. The van der Waals surface area contributed by atoms with E-state index in [-0.39, 0.29) is 17.3 Å². The zero-order valence-corrected chi connectivity index (χ0v) is 15.3. The Kier molecular flexibility index (Phi) is 5.65. The third-order valence-corrected chi connectivity index (χ3v) is 5.75. The molecule has 0 saturated heterocycles. The first kappa shape index (κ1) is 18.5. The average Bonchev–Trinajstić information content (AvgIpc) is 2.67. The molecule has 0 aliphatic carbocycles. The van der Waals surface area contributed by atoms with Gasteiger partial charge in [-0.25, -0.2) is 13.1 Å². The van der Waals surface area contributed by atoms with Gasteiger partial charge >= 0.3 is 0 Å². The first-order valence-electron chi connectivity index (χ1n) is 8.31. The van der Waals surface area contributed by atoms with Gasteiger partial charge in [0.1, 0.15) is 0 Å². The highest BCUT2D eigenvalue weighted by Gasteiger charge is 2.24. The average molecular weight is 375 g/mol. The van der Waals surface area contributed by atoms with Crippen LogP contribution >= 0.6 is 0 Å². The number of hydrogen-bond donors (Lipinski definition) is 1. The van der Waals surface area contributed by atoms with E-state index in [0.29, 0.717) is 31.7 Å². The van der Waals surface area contributed by atoms with Gasteiger partial charge in [0.25, 0.3) is 5.91 Å². The van der Waals surface area contributed by atoms with Crippen LogP contribution in [0, 0.1) is 0 Å². The summed E-state index contributed by atoms with van der Waals surface area (Å²) < 4.78 is 32.1. The Labute approximate surface area is 153 Å². The first-order chi connectivity index (χ1) is 12.5. The lowest BCUT2D eigenvalue weighted by Crippen LogP contribution is -2.36. The maximum atomic E-state index is 12.6. The summed E-state index contributed by atoms with van der Waals surface area (Å²) in [6, 6.07) is 8.53. The van der Waals surface area contributed by atoms with Gasteiger partial charge in [0.15, 0.2) is 0 Å². The largest absolute Gasteiger partial charge is 0.383 e. The minimum absolute atomic E-state index is 0.102. The predicted octanol–water partition coefficient (Wildman–Crippen LogP) is 1.20. The molecule has 0 atom stereocenters.